The number of anilines is 1. The normalized spacial score (nSPS) is 20.9. The van der Waals surface area contributed by atoms with E-state index in [0.29, 0.717) is 0 Å². The van der Waals surface area contributed by atoms with Gasteiger partial charge in [-0.15, -0.1) is 0 Å². The number of hydrogen-bond acceptors (Lipinski definition) is 1. The van der Waals surface area contributed by atoms with E-state index in [0.717, 1.165) is 12.5 Å². The van der Waals surface area contributed by atoms with E-state index >= 15 is 0 Å². The topological polar surface area (TPSA) is 12.0 Å². The summed E-state index contributed by atoms with van der Waals surface area (Å²) >= 11 is 0. The molecule has 2 aliphatic rings. The van der Waals surface area contributed by atoms with Crippen LogP contribution in [-0.4, -0.2) is 6.54 Å². The molecule has 0 amide bonds. The van der Waals surface area contributed by atoms with Gasteiger partial charge in [-0.25, -0.2) is 0 Å². The molecule has 0 saturated heterocycles. The molecule has 1 saturated carbocycles. The van der Waals surface area contributed by atoms with E-state index in [9.17, 15) is 0 Å². The van der Waals surface area contributed by atoms with Gasteiger partial charge in [-0.3, -0.25) is 0 Å². The summed E-state index contributed by atoms with van der Waals surface area (Å²) in [6.07, 6.45) is 6.79. The van der Waals surface area contributed by atoms with Gasteiger partial charge in [-0.1, -0.05) is 24.6 Å². The van der Waals surface area contributed by atoms with E-state index < -0.39 is 0 Å². The fraction of sp³-hybridized carbons (Fsp3) is 0.538. The first kappa shape index (κ1) is 8.34. The lowest BCUT2D eigenvalue weighted by atomic mass is 9.78. The number of benzene rings is 1. The average Bonchev–Trinajstić information content (AvgIpc) is 2.16. The van der Waals surface area contributed by atoms with Crippen LogP contribution in [-0.2, 0) is 6.42 Å². The smallest absolute Gasteiger partial charge is 0.0408 e. The highest BCUT2D eigenvalue weighted by atomic mass is 14.9. The van der Waals surface area contributed by atoms with E-state index in [2.05, 4.69) is 23.5 Å². The highest BCUT2D eigenvalue weighted by Crippen LogP contribution is 2.41. The predicted octanol–water partition coefficient (Wildman–Crippen LogP) is 3.31. The van der Waals surface area contributed by atoms with Crippen LogP contribution in [0.1, 0.15) is 42.7 Å². The van der Waals surface area contributed by atoms with Gasteiger partial charge < -0.3 is 5.32 Å². The number of hydrogen-bond donors (Lipinski definition) is 1. The summed E-state index contributed by atoms with van der Waals surface area (Å²) in [5, 5.41) is 3.58. The molecule has 1 heteroatoms. The Labute approximate surface area is 85.5 Å². The molecule has 1 aromatic carbocycles. The van der Waals surface area contributed by atoms with Gasteiger partial charge in [0.15, 0.2) is 0 Å². The van der Waals surface area contributed by atoms with Gasteiger partial charge in [-0.05, 0) is 42.7 Å². The summed E-state index contributed by atoms with van der Waals surface area (Å²) in [5.41, 5.74) is 4.61. The van der Waals surface area contributed by atoms with E-state index in [4.69, 9.17) is 0 Å². The van der Waals surface area contributed by atoms with E-state index in [1.165, 1.54) is 37.8 Å². The van der Waals surface area contributed by atoms with Crippen LogP contribution in [0, 0.1) is 0 Å². The van der Waals surface area contributed by atoms with Crippen molar-refractivity contribution in [3.63, 3.8) is 0 Å². The molecule has 74 valence electrons. The Hall–Kier alpha value is -0.980. The number of rotatable bonds is 1. The van der Waals surface area contributed by atoms with Crippen LogP contribution in [0.4, 0.5) is 5.69 Å². The summed E-state index contributed by atoms with van der Waals surface area (Å²) < 4.78 is 0. The first-order valence-corrected chi connectivity index (χ1v) is 5.81. The van der Waals surface area contributed by atoms with Crippen molar-refractivity contribution in [2.75, 3.05) is 11.9 Å². The fourth-order valence-electron chi connectivity index (χ4n) is 2.60. The molecule has 0 spiro atoms. The van der Waals surface area contributed by atoms with Gasteiger partial charge in [0.05, 0.1) is 0 Å². The average molecular weight is 187 g/mol. The van der Waals surface area contributed by atoms with Gasteiger partial charge in [0, 0.05) is 12.2 Å². The van der Waals surface area contributed by atoms with E-state index in [1.807, 2.05) is 0 Å². The molecule has 1 aromatic rings. The van der Waals surface area contributed by atoms with Crippen LogP contribution in [0.2, 0.25) is 0 Å². The minimum Gasteiger partial charge on any atom is -0.385 e. The Morgan fingerprint density at radius 3 is 2.86 bits per heavy atom. The third-order valence-electron chi connectivity index (χ3n) is 3.65. The first-order valence-electron chi connectivity index (χ1n) is 5.81. The van der Waals surface area contributed by atoms with Crippen molar-refractivity contribution < 1.29 is 0 Å². The van der Waals surface area contributed by atoms with Crippen molar-refractivity contribution in [2.45, 2.75) is 38.0 Å². The lowest BCUT2D eigenvalue weighted by Gasteiger charge is -2.30. The van der Waals surface area contributed by atoms with Crippen molar-refractivity contribution in [2.24, 2.45) is 0 Å². The lowest BCUT2D eigenvalue weighted by molar-refractivity contribution is 0.420. The van der Waals surface area contributed by atoms with Gasteiger partial charge >= 0.3 is 0 Å². The third kappa shape index (κ3) is 1.23. The second-order valence-electron chi connectivity index (χ2n) is 4.54. The quantitative estimate of drug-likeness (QED) is 0.711. The summed E-state index contributed by atoms with van der Waals surface area (Å²) in [5.74, 6) is 0.857. The number of nitrogens with one attached hydrogen (secondary N) is 1. The van der Waals surface area contributed by atoms with Gasteiger partial charge in [0.1, 0.15) is 0 Å². The number of fused-ring (bicyclic) bond motifs is 1. The molecule has 0 radical (unpaired) electrons. The molecule has 0 bridgehead atoms. The molecule has 1 aliphatic heterocycles. The van der Waals surface area contributed by atoms with Crippen LogP contribution in [0.15, 0.2) is 18.2 Å². The molecular formula is C13H17N. The monoisotopic (exact) mass is 187 g/mol. The molecule has 0 unspecified atom stereocenters. The summed E-state index contributed by atoms with van der Waals surface area (Å²) in [4.78, 5) is 0. The third-order valence-corrected chi connectivity index (χ3v) is 3.65. The SMILES string of the molecule is c1cc2c(c(C3CCC3)c1)NCCC2. The van der Waals surface area contributed by atoms with Crippen molar-refractivity contribution >= 4 is 5.69 Å². The number of para-hydroxylation sites is 1. The maximum Gasteiger partial charge on any atom is 0.0408 e. The van der Waals surface area contributed by atoms with E-state index in [-0.39, 0.29) is 0 Å². The zero-order valence-corrected chi connectivity index (χ0v) is 8.55. The number of aryl methyl sites for hydroxylation is 1. The Morgan fingerprint density at radius 1 is 1.14 bits per heavy atom. The van der Waals surface area contributed by atoms with Crippen LogP contribution in [0.3, 0.4) is 0 Å². The highest BCUT2D eigenvalue weighted by molar-refractivity contribution is 5.60. The Bertz CT molecular complexity index is 339. The van der Waals surface area contributed by atoms with Crippen LogP contribution >= 0.6 is 0 Å². The lowest BCUT2D eigenvalue weighted by Crippen LogP contribution is -2.17. The van der Waals surface area contributed by atoms with Gasteiger partial charge in [0.25, 0.3) is 0 Å². The van der Waals surface area contributed by atoms with E-state index in [1.54, 1.807) is 11.1 Å². The first-order chi connectivity index (χ1) is 6.95. The van der Waals surface area contributed by atoms with Crippen LogP contribution in [0.25, 0.3) is 0 Å². The zero-order valence-electron chi connectivity index (χ0n) is 8.55. The minimum atomic E-state index is 0.857. The van der Waals surface area contributed by atoms with Crippen LogP contribution in [0.5, 0.6) is 0 Å². The Kier molecular flexibility index (Phi) is 1.97. The molecule has 1 fully saturated rings. The van der Waals surface area contributed by atoms with Crippen LogP contribution < -0.4 is 5.32 Å². The molecule has 1 heterocycles. The molecule has 3 rings (SSSR count). The van der Waals surface area contributed by atoms with Crippen molar-refractivity contribution in [1.29, 1.82) is 0 Å². The zero-order chi connectivity index (χ0) is 9.38. The molecule has 1 N–H and O–H groups in total. The van der Waals surface area contributed by atoms with Crippen molar-refractivity contribution in [3.8, 4) is 0 Å². The van der Waals surface area contributed by atoms with Crippen molar-refractivity contribution in [3.05, 3.63) is 29.3 Å². The van der Waals surface area contributed by atoms with Gasteiger partial charge in [-0.2, -0.15) is 0 Å². The summed E-state index contributed by atoms with van der Waals surface area (Å²) in [6, 6.07) is 6.84. The molecule has 0 aromatic heterocycles. The second-order valence-corrected chi connectivity index (χ2v) is 4.54. The standard InChI is InChI=1S/C13H17N/c1-4-10(5-1)12-8-2-6-11-7-3-9-14-13(11)12/h2,6,8,10,14H,1,3-5,7,9H2. The molecule has 1 aliphatic carbocycles. The maximum atomic E-state index is 3.58. The minimum absolute atomic E-state index is 0.857. The second kappa shape index (κ2) is 3.30. The predicted molar refractivity (Wildman–Crippen MR) is 59.8 cm³/mol. The maximum absolute atomic E-state index is 3.58. The van der Waals surface area contributed by atoms with Gasteiger partial charge in [0.2, 0.25) is 0 Å². The highest BCUT2D eigenvalue weighted by Gasteiger charge is 2.24. The summed E-state index contributed by atoms with van der Waals surface area (Å²) in [7, 11) is 0. The van der Waals surface area contributed by atoms with Crippen molar-refractivity contribution in [1.82, 2.24) is 0 Å². The molecule has 0 atom stereocenters. The Morgan fingerprint density at radius 2 is 2.07 bits per heavy atom. The Balaban J connectivity index is 2.01. The fourth-order valence-corrected chi connectivity index (χ4v) is 2.60. The summed E-state index contributed by atoms with van der Waals surface area (Å²) in [6.45, 7) is 1.16. The molecule has 14 heavy (non-hydrogen) atoms. The largest absolute Gasteiger partial charge is 0.385 e. The molecular weight excluding hydrogens is 170 g/mol. The molecule has 1 nitrogen and oxygen atoms in total.